The molecule has 1 aromatic carbocycles. The van der Waals surface area contributed by atoms with Crippen molar-refractivity contribution in [3.63, 3.8) is 0 Å². The van der Waals surface area contributed by atoms with Gasteiger partial charge in [-0.3, -0.25) is 0 Å². The van der Waals surface area contributed by atoms with E-state index in [4.69, 9.17) is 16.7 Å². The van der Waals surface area contributed by atoms with Crippen LogP contribution in [0.3, 0.4) is 0 Å². The van der Waals surface area contributed by atoms with Gasteiger partial charge in [-0.1, -0.05) is 11.6 Å². The molecule has 0 heterocycles. The molecule has 0 aliphatic rings. The number of carboxylic acid groups (broad SMARTS) is 1. The van der Waals surface area contributed by atoms with Crippen molar-refractivity contribution in [3.8, 4) is 0 Å². The van der Waals surface area contributed by atoms with Crippen LogP contribution in [-0.2, 0) is 4.79 Å². The number of urea groups is 1. The van der Waals surface area contributed by atoms with Gasteiger partial charge in [-0.25, -0.2) is 14.0 Å². The van der Waals surface area contributed by atoms with E-state index in [1.807, 2.05) is 6.26 Å². The standard InChI is InChI=1S/C12H14ClFN2O3S/c1-20-5-4-9(11(17)18)15-12(19)16-10-6-7(14)2-3-8(10)13/h2-3,6,9H,4-5H2,1H3,(H,17,18)(H2,15,16,19)/t9-/m0/s1. The van der Waals surface area contributed by atoms with Crippen molar-refractivity contribution in [1.82, 2.24) is 5.32 Å². The third-order valence-electron chi connectivity index (χ3n) is 2.39. The number of benzene rings is 1. The molecule has 0 unspecified atom stereocenters. The highest BCUT2D eigenvalue weighted by Gasteiger charge is 2.19. The Morgan fingerprint density at radius 3 is 2.80 bits per heavy atom. The molecule has 0 bridgehead atoms. The maximum atomic E-state index is 13.0. The molecular formula is C12H14ClFN2O3S. The van der Waals surface area contributed by atoms with E-state index in [-0.39, 0.29) is 10.7 Å². The number of halogens is 2. The summed E-state index contributed by atoms with van der Waals surface area (Å²) in [4.78, 5) is 22.7. The van der Waals surface area contributed by atoms with Gasteiger partial charge in [0.05, 0.1) is 10.7 Å². The average molecular weight is 321 g/mol. The first kappa shape index (κ1) is 16.6. The van der Waals surface area contributed by atoms with Crippen molar-refractivity contribution < 1.29 is 19.1 Å². The fourth-order valence-electron chi connectivity index (χ4n) is 1.40. The van der Waals surface area contributed by atoms with Gasteiger partial charge in [0, 0.05) is 0 Å². The third kappa shape index (κ3) is 5.26. The van der Waals surface area contributed by atoms with E-state index in [1.165, 1.54) is 17.8 Å². The van der Waals surface area contributed by atoms with Crippen LogP contribution in [0.5, 0.6) is 0 Å². The largest absolute Gasteiger partial charge is 0.480 e. The molecule has 20 heavy (non-hydrogen) atoms. The van der Waals surface area contributed by atoms with Crippen LogP contribution in [0, 0.1) is 5.82 Å². The lowest BCUT2D eigenvalue weighted by atomic mass is 10.2. The second-order valence-electron chi connectivity index (χ2n) is 3.89. The summed E-state index contributed by atoms with van der Waals surface area (Å²) in [5, 5.41) is 13.8. The van der Waals surface area contributed by atoms with Crippen LogP contribution < -0.4 is 10.6 Å². The van der Waals surface area contributed by atoms with Gasteiger partial charge in [-0.2, -0.15) is 11.8 Å². The first-order valence-corrected chi connectivity index (χ1v) is 7.45. The molecule has 0 saturated heterocycles. The summed E-state index contributed by atoms with van der Waals surface area (Å²) in [6.45, 7) is 0. The van der Waals surface area contributed by atoms with Crippen LogP contribution in [0.1, 0.15) is 6.42 Å². The van der Waals surface area contributed by atoms with Crippen molar-refractivity contribution >= 4 is 41.1 Å². The predicted molar refractivity (Wildman–Crippen MR) is 78.0 cm³/mol. The molecule has 1 atom stereocenters. The Labute approximate surface area is 124 Å². The zero-order chi connectivity index (χ0) is 15.1. The zero-order valence-electron chi connectivity index (χ0n) is 10.7. The average Bonchev–Trinajstić information content (AvgIpc) is 2.38. The predicted octanol–water partition coefficient (Wildman–Crippen LogP) is 2.81. The SMILES string of the molecule is CSCC[C@H](NC(=O)Nc1cc(F)ccc1Cl)C(=O)O. The first-order valence-electron chi connectivity index (χ1n) is 5.68. The van der Waals surface area contributed by atoms with Crippen LogP contribution in [0.25, 0.3) is 0 Å². The fourth-order valence-corrected chi connectivity index (χ4v) is 2.04. The molecule has 0 aliphatic carbocycles. The van der Waals surface area contributed by atoms with Crippen LogP contribution >= 0.6 is 23.4 Å². The molecule has 5 nitrogen and oxygen atoms in total. The van der Waals surface area contributed by atoms with Crippen LogP contribution in [0.2, 0.25) is 5.02 Å². The number of carbonyl (C=O) groups excluding carboxylic acids is 1. The van der Waals surface area contributed by atoms with Crippen molar-refractivity contribution in [2.24, 2.45) is 0 Å². The lowest BCUT2D eigenvalue weighted by molar-refractivity contribution is -0.139. The van der Waals surface area contributed by atoms with E-state index in [0.717, 1.165) is 12.1 Å². The number of anilines is 1. The number of aliphatic carboxylic acids is 1. The molecule has 0 fully saturated rings. The van der Waals surface area contributed by atoms with Crippen molar-refractivity contribution in [3.05, 3.63) is 29.0 Å². The Bertz CT molecular complexity index is 502. The summed E-state index contributed by atoms with van der Waals surface area (Å²) in [5.41, 5.74) is 0.0816. The molecule has 0 saturated carbocycles. The van der Waals surface area contributed by atoms with Gasteiger partial charge < -0.3 is 15.7 Å². The van der Waals surface area contributed by atoms with Crippen LogP contribution in [-0.4, -0.2) is 35.2 Å². The minimum Gasteiger partial charge on any atom is -0.480 e. The lowest BCUT2D eigenvalue weighted by Crippen LogP contribution is -2.43. The monoisotopic (exact) mass is 320 g/mol. The van der Waals surface area contributed by atoms with E-state index >= 15 is 0 Å². The Kier molecular flexibility index (Phi) is 6.60. The first-order chi connectivity index (χ1) is 9.43. The van der Waals surface area contributed by atoms with Gasteiger partial charge >= 0.3 is 12.0 Å². The number of carboxylic acids is 1. The quantitative estimate of drug-likeness (QED) is 0.753. The second-order valence-corrected chi connectivity index (χ2v) is 5.29. The summed E-state index contributed by atoms with van der Waals surface area (Å²) in [6.07, 6.45) is 2.13. The molecule has 3 N–H and O–H groups in total. The zero-order valence-corrected chi connectivity index (χ0v) is 12.2. The van der Waals surface area contributed by atoms with Crippen molar-refractivity contribution in [1.29, 1.82) is 0 Å². The number of hydrogen-bond donors (Lipinski definition) is 3. The molecule has 0 aliphatic heterocycles. The minimum atomic E-state index is -1.13. The molecule has 0 radical (unpaired) electrons. The Hall–Kier alpha value is -1.47. The molecule has 2 amide bonds. The number of thioether (sulfide) groups is 1. The molecule has 110 valence electrons. The van der Waals surface area contributed by atoms with Crippen molar-refractivity contribution in [2.45, 2.75) is 12.5 Å². The van der Waals surface area contributed by atoms with Crippen LogP contribution in [0.15, 0.2) is 18.2 Å². The van der Waals surface area contributed by atoms with Crippen LogP contribution in [0.4, 0.5) is 14.9 Å². The summed E-state index contributed by atoms with van der Waals surface area (Å²) in [5.74, 6) is -1.08. The van der Waals surface area contributed by atoms with E-state index in [1.54, 1.807) is 0 Å². The number of rotatable bonds is 6. The number of hydrogen-bond acceptors (Lipinski definition) is 3. The maximum Gasteiger partial charge on any atom is 0.326 e. The van der Waals surface area contributed by atoms with Gasteiger partial charge in [-0.15, -0.1) is 0 Å². The summed E-state index contributed by atoms with van der Waals surface area (Å²) in [7, 11) is 0. The Morgan fingerprint density at radius 2 is 2.20 bits per heavy atom. The van der Waals surface area contributed by atoms with Gasteiger partial charge in [-0.05, 0) is 36.6 Å². The van der Waals surface area contributed by atoms with Gasteiger partial charge in [0.25, 0.3) is 0 Å². The normalized spacial score (nSPS) is 11.8. The van der Waals surface area contributed by atoms with Gasteiger partial charge in [0.15, 0.2) is 0 Å². The maximum absolute atomic E-state index is 13.0. The van der Waals surface area contributed by atoms with E-state index < -0.39 is 23.9 Å². The molecular weight excluding hydrogens is 307 g/mol. The van der Waals surface area contributed by atoms with Crippen molar-refractivity contribution in [2.75, 3.05) is 17.3 Å². The highest BCUT2D eigenvalue weighted by Crippen LogP contribution is 2.22. The molecule has 1 rings (SSSR count). The summed E-state index contributed by atoms with van der Waals surface area (Å²) < 4.78 is 13.0. The topological polar surface area (TPSA) is 78.4 Å². The Morgan fingerprint density at radius 1 is 1.50 bits per heavy atom. The second kappa shape index (κ2) is 7.96. The molecule has 8 heteroatoms. The number of carbonyl (C=O) groups is 2. The third-order valence-corrected chi connectivity index (χ3v) is 3.36. The summed E-state index contributed by atoms with van der Waals surface area (Å²) in [6, 6.07) is 1.76. The Balaban J connectivity index is 2.65. The highest BCUT2D eigenvalue weighted by molar-refractivity contribution is 7.98. The molecule has 0 spiro atoms. The molecule has 0 aromatic heterocycles. The summed E-state index contributed by atoms with van der Waals surface area (Å²) >= 11 is 7.27. The lowest BCUT2D eigenvalue weighted by Gasteiger charge is -2.15. The van der Waals surface area contributed by atoms with Gasteiger partial charge in [0.2, 0.25) is 0 Å². The van der Waals surface area contributed by atoms with E-state index in [2.05, 4.69) is 10.6 Å². The number of amides is 2. The molecule has 1 aromatic rings. The van der Waals surface area contributed by atoms with E-state index in [9.17, 15) is 14.0 Å². The highest BCUT2D eigenvalue weighted by atomic mass is 35.5. The van der Waals surface area contributed by atoms with Gasteiger partial charge in [0.1, 0.15) is 11.9 Å². The van der Waals surface area contributed by atoms with E-state index in [0.29, 0.717) is 12.2 Å². The number of nitrogens with one attached hydrogen (secondary N) is 2. The smallest absolute Gasteiger partial charge is 0.326 e. The fraction of sp³-hybridized carbons (Fsp3) is 0.333. The minimum absolute atomic E-state index is 0.0816.